The first-order chi connectivity index (χ1) is 14.5. The van der Waals surface area contributed by atoms with Crippen LogP contribution < -0.4 is 9.46 Å². The quantitative estimate of drug-likeness (QED) is 0.599. The average Bonchev–Trinajstić information content (AvgIpc) is 2.68. The summed E-state index contributed by atoms with van der Waals surface area (Å²) in [4.78, 5) is 18.1. The van der Waals surface area contributed by atoms with E-state index in [0.717, 1.165) is 0 Å². The van der Waals surface area contributed by atoms with Crippen LogP contribution in [0.5, 0.6) is 5.88 Å². The third kappa shape index (κ3) is 6.78. The fourth-order valence-electron chi connectivity index (χ4n) is 3.09. The number of aliphatic hydroxyl groups excluding tert-OH is 1. The van der Waals surface area contributed by atoms with E-state index in [-0.39, 0.29) is 24.6 Å². The number of aliphatic hydroxyl groups is 1. The van der Waals surface area contributed by atoms with Crippen molar-refractivity contribution in [1.82, 2.24) is 14.6 Å². The van der Waals surface area contributed by atoms with E-state index in [1.54, 1.807) is 45.9 Å². The van der Waals surface area contributed by atoms with Gasteiger partial charge in [0.1, 0.15) is 5.60 Å². The molecule has 1 atom stereocenters. The minimum absolute atomic E-state index is 0.0871. The highest BCUT2D eigenvalue weighted by Crippen LogP contribution is 2.28. The Morgan fingerprint density at radius 3 is 2.58 bits per heavy atom. The van der Waals surface area contributed by atoms with Crippen LogP contribution in [0.15, 0.2) is 35.4 Å². The number of carbonyl (C=O) groups excluding carboxylic acids is 1. The van der Waals surface area contributed by atoms with Crippen LogP contribution in [-0.4, -0.2) is 68.0 Å². The number of hydrogen-bond donors (Lipinski definition) is 2. The van der Waals surface area contributed by atoms with Crippen LogP contribution in [0, 0.1) is 0 Å². The van der Waals surface area contributed by atoms with Crippen LogP contribution in [-0.2, 0) is 14.8 Å². The highest BCUT2D eigenvalue weighted by atomic mass is 32.2. The predicted octanol–water partition coefficient (Wildman–Crippen LogP) is 2.53. The fraction of sp³-hybridized carbons (Fsp3) is 0.524. The third-order valence-electron chi connectivity index (χ3n) is 4.30. The van der Waals surface area contributed by atoms with Crippen molar-refractivity contribution in [3.63, 3.8) is 0 Å². The molecule has 2 aromatic rings. The molecular formula is C21H31N3O6S. The number of nitrogens with one attached hydrogen (secondary N) is 1. The summed E-state index contributed by atoms with van der Waals surface area (Å²) in [6.07, 6.45) is 1.28. The summed E-state index contributed by atoms with van der Waals surface area (Å²) in [6, 6.07) is 5.89. The lowest BCUT2D eigenvalue weighted by Gasteiger charge is -2.29. The molecule has 9 nitrogen and oxygen atoms in total. The van der Waals surface area contributed by atoms with Gasteiger partial charge in [-0.15, -0.1) is 0 Å². The Hall–Kier alpha value is -2.43. The monoisotopic (exact) mass is 453 g/mol. The molecule has 0 aliphatic rings. The van der Waals surface area contributed by atoms with E-state index in [1.165, 1.54) is 24.3 Å². The highest BCUT2D eigenvalue weighted by molar-refractivity contribution is 7.89. The molecule has 2 N–H and O–H groups in total. The molecule has 1 aromatic carbocycles. The van der Waals surface area contributed by atoms with Gasteiger partial charge in [-0.05, 0) is 52.3 Å². The second-order valence-corrected chi connectivity index (χ2v) is 9.88. The van der Waals surface area contributed by atoms with E-state index in [9.17, 15) is 13.2 Å². The Labute approximate surface area is 183 Å². The third-order valence-corrected chi connectivity index (χ3v) is 5.95. The first kappa shape index (κ1) is 24.8. The van der Waals surface area contributed by atoms with Crippen LogP contribution in [0.1, 0.15) is 34.1 Å². The minimum Gasteiger partial charge on any atom is -0.481 e. The number of amides is 1. The van der Waals surface area contributed by atoms with Crippen molar-refractivity contribution in [1.29, 1.82) is 0 Å². The summed E-state index contributed by atoms with van der Waals surface area (Å²) < 4.78 is 39.5. The lowest BCUT2D eigenvalue weighted by Crippen LogP contribution is -2.46. The van der Waals surface area contributed by atoms with E-state index in [1.807, 2.05) is 0 Å². The largest absolute Gasteiger partial charge is 0.481 e. The van der Waals surface area contributed by atoms with Gasteiger partial charge in [0, 0.05) is 42.7 Å². The number of sulfonamides is 1. The standard InChI is InChI=1S/C21H31N3O6S/c1-15(14-24(12-7-13-25)20(26)30-21(2,3)4)23-31(27,28)18-9-6-8-17-16(18)10-11-22-19(17)29-5/h6,8-11,15,23,25H,7,12-14H2,1-5H3/t15-/m1/s1. The number of aromatic nitrogens is 1. The molecule has 172 valence electrons. The molecule has 1 amide bonds. The molecule has 1 aromatic heterocycles. The number of carbonyl (C=O) groups is 1. The average molecular weight is 454 g/mol. The SMILES string of the molecule is COc1nccc2c(S(=O)(=O)N[C@H](C)CN(CCCO)C(=O)OC(C)(C)C)cccc12. The first-order valence-electron chi connectivity index (χ1n) is 10.0. The van der Waals surface area contributed by atoms with Crippen molar-refractivity contribution in [2.45, 2.75) is 50.7 Å². The maximum absolute atomic E-state index is 13.1. The van der Waals surface area contributed by atoms with Crippen molar-refractivity contribution < 1.29 is 27.8 Å². The number of rotatable bonds is 9. The van der Waals surface area contributed by atoms with Gasteiger partial charge < -0.3 is 19.5 Å². The van der Waals surface area contributed by atoms with Crippen LogP contribution in [0.2, 0.25) is 0 Å². The summed E-state index contributed by atoms with van der Waals surface area (Å²) in [5, 5.41) is 10.2. The molecule has 0 aliphatic carbocycles. The number of ether oxygens (including phenoxy) is 2. The van der Waals surface area contributed by atoms with E-state index >= 15 is 0 Å². The molecular weight excluding hydrogens is 422 g/mol. The van der Waals surface area contributed by atoms with Gasteiger partial charge in [-0.2, -0.15) is 0 Å². The molecule has 31 heavy (non-hydrogen) atoms. The number of benzene rings is 1. The van der Waals surface area contributed by atoms with Gasteiger partial charge in [-0.25, -0.2) is 22.9 Å². The van der Waals surface area contributed by atoms with Crippen LogP contribution in [0.4, 0.5) is 4.79 Å². The molecule has 0 saturated heterocycles. The molecule has 1 heterocycles. The fourth-order valence-corrected chi connectivity index (χ4v) is 4.55. The Balaban J connectivity index is 2.23. The molecule has 0 spiro atoms. The normalized spacial score (nSPS) is 13.1. The lowest BCUT2D eigenvalue weighted by molar-refractivity contribution is 0.0229. The van der Waals surface area contributed by atoms with Crippen molar-refractivity contribution in [2.24, 2.45) is 0 Å². The van der Waals surface area contributed by atoms with E-state index in [4.69, 9.17) is 14.6 Å². The molecule has 0 bridgehead atoms. The highest BCUT2D eigenvalue weighted by Gasteiger charge is 2.26. The topological polar surface area (TPSA) is 118 Å². The van der Waals surface area contributed by atoms with Gasteiger partial charge in [-0.1, -0.05) is 6.07 Å². The van der Waals surface area contributed by atoms with E-state index in [2.05, 4.69) is 9.71 Å². The zero-order valence-electron chi connectivity index (χ0n) is 18.6. The smallest absolute Gasteiger partial charge is 0.410 e. The van der Waals surface area contributed by atoms with Crippen LogP contribution in [0.25, 0.3) is 10.8 Å². The molecule has 2 rings (SSSR count). The summed E-state index contributed by atoms with van der Waals surface area (Å²) >= 11 is 0. The Bertz CT molecular complexity index is 1000. The Morgan fingerprint density at radius 1 is 1.26 bits per heavy atom. The maximum Gasteiger partial charge on any atom is 0.410 e. The first-order valence-corrected chi connectivity index (χ1v) is 11.5. The van der Waals surface area contributed by atoms with Crippen LogP contribution in [0.3, 0.4) is 0 Å². The maximum atomic E-state index is 13.1. The molecule has 0 radical (unpaired) electrons. The lowest BCUT2D eigenvalue weighted by atomic mass is 10.2. The van der Waals surface area contributed by atoms with Gasteiger partial charge in [-0.3, -0.25) is 0 Å². The number of nitrogens with zero attached hydrogens (tertiary/aromatic N) is 2. The number of methoxy groups -OCH3 is 1. The second-order valence-electron chi connectivity index (χ2n) is 8.20. The van der Waals surface area contributed by atoms with E-state index < -0.39 is 27.8 Å². The molecule has 10 heteroatoms. The minimum atomic E-state index is -3.90. The summed E-state index contributed by atoms with van der Waals surface area (Å²) in [6.45, 7) is 7.17. The Kier molecular flexibility index (Phi) is 8.21. The van der Waals surface area contributed by atoms with Crippen molar-refractivity contribution in [3.05, 3.63) is 30.5 Å². The molecule has 0 aliphatic heterocycles. The van der Waals surface area contributed by atoms with Crippen LogP contribution >= 0.6 is 0 Å². The van der Waals surface area contributed by atoms with Gasteiger partial charge in [0.15, 0.2) is 0 Å². The second kappa shape index (κ2) is 10.3. The van der Waals surface area contributed by atoms with Gasteiger partial charge in [0.05, 0.1) is 12.0 Å². The number of fused-ring (bicyclic) bond motifs is 1. The summed E-state index contributed by atoms with van der Waals surface area (Å²) in [5.74, 6) is 0.336. The zero-order valence-corrected chi connectivity index (χ0v) is 19.4. The van der Waals surface area contributed by atoms with E-state index in [0.29, 0.717) is 23.1 Å². The molecule has 0 fully saturated rings. The summed E-state index contributed by atoms with van der Waals surface area (Å²) in [5.41, 5.74) is -0.687. The Morgan fingerprint density at radius 2 is 1.97 bits per heavy atom. The summed E-state index contributed by atoms with van der Waals surface area (Å²) in [7, 11) is -2.43. The van der Waals surface area contributed by atoms with Crippen molar-refractivity contribution >= 4 is 26.9 Å². The number of pyridine rings is 1. The van der Waals surface area contributed by atoms with Gasteiger partial charge in [0.25, 0.3) is 0 Å². The zero-order chi connectivity index (χ0) is 23.2. The number of hydrogen-bond acceptors (Lipinski definition) is 7. The van der Waals surface area contributed by atoms with Gasteiger partial charge in [0.2, 0.25) is 15.9 Å². The molecule has 0 unspecified atom stereocenters. The molecule has 0 saturated carbocycles. The predicted molar refractivity (Wildman–Crippen MR) is 118 cm³/mol. The van der Waals surface area contributed by atoms with Crippen molar-refractivity contribution in [3.8, 4) is 5.88 Å². The van der Waals surface area contributed by atoms with Gasteiger partial charge >= 0.3 is 6.09 Å². The van der Waals surface area contributed by atoms with Crippen molar-refractivity contribution in [2.75, 3.05) is 26.8 Å².